The molecular formula is C11H7BrINO2S. The van der Waals surface area contributed by atoms with Crippen molar-refractivity contribution in [3.8, 4) is 16.3 Å². The van der Waals surface area contributed by atoms with Gasteiger partial charge in [-0.3, -0.25) is 4.79 Å². The summed E-state index contributed by atoms with van der Waals surface area (Å²) in [6, 6.07) is 3.88. The van der Waals surface area contributed by atoms with Gasteiger partial charge in [-0.2, -0.15) is 0 Å². The second-order valence-electron chi connectivity index (χ2n) is 3.15. The number of nitrogens with zero attached hydrogens (tertiary/aromatic N) is 1. The Morgan fingerprint density at radius 3 is 2.88 bits per heavy atom. The maximum absolute atomic E-state index is 10.6. The van der Waals surface area contributed by atoms with Gasteiger partial charge in [0.25, 0.3) is 0 Å². The molecule has 0 saturated carbocycles. The van der Waals surface area contributed by atoms with Gasteiger partial charge in [0.2, 0.25) is 0 Å². The lowest BCUT2D eigenvalue weighted by Gasteiger charge is -2.07. The van der Waals surface area contributed by atoms with Crippen LogP contribution in [0.2, 0.25) is 0 Å². The maximum atomic E-state index is 10.6. The Morgan fingerprint density at radius 1 is 1.53 bits per heavy atom. The average molecular weight is 424 g/mol. The second-order valence-corrected chi connectivity index (χ2v) is 6.23. The lowest BCUT2D eigenvalue weighted by Crippen LogP contribution is -1.88. The largest absolute Gasteiger partial charge is 0.496 e. The van der Waals surface area contributed by atoms with Crippen molar-refractivity contribution < 1.29 is 9.53 Å². The zero-order chi connectivity index (χ0) is 12.4. The van der Waals surface area contributed by atoms with E-state index >= 15 is 0 Å². The summed E-state index contributed by atoms with van der Waals surface area (Å²) in [5.41, 5.74) is 0.976. The van der Waals surface area contributed by atoms with E-state index in [0.29, 0.717) is 4.88 Å². The lowest BCUT2D eigenvalue weighted by atomic mass is 10.2. The minimum Gasteiger partial charge on any atom is -0.496 e. The number of carbonyl (C=O) groups is 1. The number of aldehydes is 1. The number of thiazole rings is 1. The summed E-state index contributed by atoms with van der Waals surface area (Å²) >= 11 is 7.04. The third-order valence-electron chi connectivity index (χ3n) is 2.11. The van der Waals surface area contributed by atoms with Gasteiger partial charge in [-0.25, -0.2) is 4.98 Å². The van der Waals surface area contributed by atoms with Gasteiger partial charge >= 0.3 is 0 Å². The van der Waals surface area contributed by atoms with Gasteiger partial charge in [0, 0.05) is 15.3 Å². The zero-order valence-electron chi connectivity index (χ0n) is 8.74. The van der Waals surface area contributed by atoms with E-state index in [1.807, 2.05) is 12.1 Å². The molecule has 3 nitrogen and oxygen atoms in total. The number of rotatable bonds is 3. The van der Waals surface area contributed by atoms with E-state index in [2.05, 4.69) is 43.5 Å². The number of methoxy groups -OCH3 is 1. The highest BCUT2D eigenvalue weighted by Gasteiger charge is 2.12. The third kappa shape index (κ3) is 2.69. The number of halogens is 2. The van der Waals surface area contributed by atoms with Crippen LogP contribution in [0.4, 0.5) is 0 Å². The molecule has 0 radical (unpaired) electrons. The molecule has 0 N–H and O–H groups in total. The van der Waals surface area contributed by atoms with Crippen molar-refractivity contribution in [2.75, 3.05) is 7.11 Å². The molecule has 0 atom stereocenters. The fourth-order valence-corrected chi connectivity index (χ4v) is 3.91. The summed E-state index contributed by atoms with van der Waals surface area (Å²) in [6.07, 6.45) is 2.39. The van der Waals surface area contributed by atoms with Crippen LogP contribution in [0.5, 0.6) is 5.75 Å². The first kappa shape index (κ1) is 13.0. The summed E-state index contributed by atoms with van der Waals surface area (Å²) in [5, 5.41) is 0.822. The van der Waals surface area contributed by atoms with Crippen LogP contribution in [0.15, 0.2) is 22.8 Å². The molecule has 1 aromatic heterocycles. The molecule has 0 fully saturated rings. The van der Waals surface area contributed by atoms with Gasteiger partial charge in [0.15, 0.2) is 6.29 Å². The Hall–Kier alpha value is -0.470. The van der Waals surface area contributed by atoms with Crippen LogP contribution in [-0.4, -0.2) is 18.4 Å². The Kier molecular flexibility index (Phi) is 4.16. The van der Waals surface area contributed by atoms with E-state index in [1.165, 1.54) is 11.3 Å². The van der Waals surface area contributed by atoms with E-state index in [0.717, 1.165) is 30.6 Å². The molecule has 2 rings (SSSR count). The van der Waals surface area contributed by atoms with Crippen molar-refractivity contribution >= 4 is 56.1 Å². The van der Waals surface area contributed by atoms with Crippen LogP contribution < -0.4 is 4.74 Å². The number of benzene rings is 1. The average Bonchev–Trinajstić information content (AvgIpc) is 2.78. The predicted octanol–water partition coefficient (Wildman–Crippen LogP) is 4.00. The van der Waals surface area contributed by atoms with Crippen LogP contribution >= 0.6 is 49.9 Å². The molecule has 88 valence electrons. The molecule has 17 heavy (non-hydrogen) atoms. The molecular weight excluding hydrogens is 417 g/mol. The lowest BCUT2D eigenvalue weighted by molar-refractivity contribution is 0.112. The van der Waals surface area contributed by atoms with Crippen molar-refractivity contribution in [3.63, 3.8) is 0 Å². The number of hydrogen-bond donors (Lipinski definition) is 0. The Labute approximate surface area is 124 Å². The smallest absolute Gasteiger partial charge is 0.161 e. The summed E-state index contributed by atoms with van der Waals surface area (Å²) in [5.74, 6) is 0.753. The molecule has 1 aromatic carbocycles. The van der Waals surface area contributed by atoms with Gasteiger partial charge in [-0.15, -0.1) is 11.3 Å². The predicted molar refractivity (Wildman–Crippen MR) is 79.9 cm³/mol. The van der Waals surface area contributed by atoms with Crippen molar-refractivity contribution in [1.82, 2.24) is 4.98 Å². The maximum Gasteiger partial charge on any atom is 0.161 e. The molecule has 1 heterocycles. The monoisotopic (exact) mass is 423 g/mol. The first-order valence-electron chi connectivity index (χ1n) is 4.60. The van der Waals surface area contributed by atoms with Crippen molar-refractivity contribution in [1.29, 1.82) is 0 Å². The standard InChI is InChI=1S/C11H7BrINO2S/c1-16-10-2-7(9(13)3-8(10)12)11-14-4-6(5-15)17-11/h2-5H,1H3. The highest BCUT2D eigenvalue weighted by Crippen LogP contribution is 2.36. The number of ether oxygens (including phenoxy) is 1. The molecule has 0 saturated heterocycles. The molecule has 0 aliphatic carbocycles. The summed E-state index contributed by atoms with van der Waals surface area (Å²) < 4.78 is 7.21. The molecule has 2 aromatic rings. The molecule has 0 aliphatic heterocycles. The third-order valence-corrected chi connectivity index (χ3v) is 4.58. The fourth-order valence-electron chi connectivity index (χ4n) is 1.32. The van der Waals surface area contributed by atoms with E-state index in [1.54, 1.807) is 13.3 Å². The van der Waals surface area contributed by atoms with Gasteiger partial charge in [-0.1, -0.05) is 0 Å². The van der Waals surface area contributed by atoms with Crippen molar-refractivity contribution in [2.45, 2.75) is 0 Å². The Morgan fingerprint density at radius 2 is 2.29 bits per heavy atom. The van der Waals surface area contributed by atoms with Crippen molar-refractivity contribution in [3.05, 3.63) is 31.2 Å². The quantitative estimate of drug-likeness (QED) is 0.553. The van der Waals surface area contributed by atoms with E-state index in [-0.39, 0.29) is 0 Å². The normalized spacial score (nSPS) is 10.3. The molecule has 0 aliphatic rings. The summed E-state index contributed by atoms with van der Waals surface area (Å²) in [7, 11) is 1.62. The molecule has 0 unspecified atom stereocenters. The van der Waals surface area contributed by atoms with Crippen LogP contribution in [0.1, 0.15) is 9.67 Å². The van der Waals surface area contributed by atoms with E-state index < -0.39 is 0 Å². The van der Waals surface area contributed by atoms with E-state index in [9.17, 15) is 4.79 Å². The highest BCUT2D eigenvalue weighted by molar-refractivity contribution is 14.1. The first-order valence-corrected chi connectivity index (χ1v) is 7.29. The zero-order valence-corrected chi connectivity index (χ0v) is 13.3. The summed E-state index contributed by atoms with van der Waals surface area (Å²) in [6.45, 7) is 0. The van der Waals surface area contributed by atoms with Gasteiger partial charge in [-0.05, 0) is 50.7 Å². The topological polar surface area (TPSA) is 39.2 Å². The van der Waals surface area contributed by atoms with Crippen molar-refractivity contribution in [2.24, 2.45) is 0 Å². The Bertz CT molecular complexity index is 571. The molecule has 0 spiro atoms. The molecule has 0 amide bonds. The van der Waals surface area contributed by atoms with Crippen LogP contribution in [0.3, 0.4) is 0 Å². The number of carbonyl (C=O) groups excluding carboxylic acids is 1. The Balaban J connectivity index is 2.54. The van der Waals surface area contributed by atoms with Gasteiger partial charge in [0.1, 0.15) is 10.8 Å². The fraction of sp³-hybridized carbons (Fsp3) is 0.0909. The van der Waals surface area contributed by atoms with Crippen LogP contribution in [0, 0.1) is 3.57 Å². The highest BCUT2D eigenvalue weighted by atomic mass is 127. The summed E-state index contributed by atoms with van der Waals surface area (Å²) in [4.78, 5) is 15.5. The van der Waals surface area contributed by atoms with Gasteiger partial charge < -0.3 is 4.74 Å². The minimum atomic E-state index is 0.623. The minimum absolute atomic E-state index is 0.623. The molecule has 6 heteroatoms. The second kappa shape index (κ2) is 5.45. The van der Waals surface area contributed by atoms with Gasteiger partial charge in [0.05, 0.1) is 16.5 Å². The number of hydrogen-bond acceptors (Lipinski definition) is 4. The SMILES string of the molecule is COc1cc(-c2ncc(C=O)s2)c(I)cc1Br. The van der Waals surface area contributed by atoms with Crippen LogP contribution in [0.25, 0.3) is 10.6 Å². The first-order chi connectivity index (χ1) is 8.15. The van der Waals surface area contributed by atoms with Crippen LogP contribution in [-0.2, 0) is 0 Å². The van der Waals surface area contributed by atoms with E-state index in [4.69, 9.17) is 4.74 Å². The number of aromatic nitrogens is 1. The molecule has 0 bridgehead atoms.